The first-order valence-electron chi connectivity index (χ1n) is 5.52. The number of hydrogen-bond donors (Lipinski definition) is 0. The van der Waals surface area contributed by atoms with Crippen LogP contribution in [0.5, 0.6) is 0 Å². The van der Waals surface area contributed by atoms with E-state index in [1.54, 1.807) is 0 Å². The Morgan fingerprint density at radius 1 is 0.750 bits per heavy atom. The topological polar surface area (TPSA) is 0 Å². The van der Waals surface area contributed by atoms with Crippen molar-refractivity contribution in [2.45, 2.75) is 6.92 Å². The SMILES string of the molecule is CC=C[C](c1ccccc1)c1ccccc1. The Balaban J connectivity index is 2.39. The van der Waals surface area contributed by atoms with Gasteiger partial charge in [-0.15, -0.1) is 0 Å². The molecule has 0 aliphatic heterocycles. The van der Waals surface area contributed by atoms with Crippen LogP contribution < -0.4 is 0 Å². The van der Waals surface area contributed by atoms with Crippen molar-refractivity contribution in [3.05, 3.63) is 89.9 Å². The minimum atomic E-state index is 1.26. The van der Waals surface area contributed by atoms with Crippen molar-refractivity contribution >= 4 is 0 Å². The Kier molecular flexibility index (Phi) is 3.55. The van der Waals surface area contributed by atoms with E-state index in [1.165, 1.54) is 17.0 Å². The molecule has 0 spiro atoms. The van der Waals surface area contributed by atoms with Gasteiger partial charge in [-0.2, -0.15) is 0 Å². The average molecular weight is 207 g/mol. The van der Waals surface area contributed by atoms with E-state index in [1.807, 2.05) is 19.1 Å². The van der Waals surface area contributed by atoms with Gasteiger partial charge in [-0.3, -0.25) is 0 Å². The van der Waals surface area contributed by atoms with Crippen LogP contribution in [0, 0.1) is 5.92 Å². The summed E-state index contributed by atoms with van der Waals surface area (Å²) in [4.78, 5) is 0. The Hall–Kier alpha value is -1.82. The van der Waals surface area contributed by atoms with E-state index in [4.69, 9.17) is 0 Å². The van der Waals surface area contributed by atoms with Crippen LogP contribution in [0.15, 0.2) is 72.8 Å². The van der Waals surface area contributed by atoms with Crippen molar-refractivity contribution in [2.24, 2.45) is 0 Å². The molecule has 0 amide bonds. The normalized spacial score (nSPS) is 11.1. The molecular weight excluding hydrogens is 192 g/mol. The summed E-state index contributed by atoms with van der Waals surface area (Å²) in [6.45, 7) is 2.05. The molecule has 79 valence electrons. The van der Waals surface area contributed by atoms with Gasteiger partial charge in [-0.25, -0.2) is 0 Å². The van der Waals surface area contributed by atoms with Gasteiger partial charge in [0, 0.05) is 0 Å². The molecule has 0 aromatic heterocycles. The van der Waals surface area contributed by atoms with Gasteiger partial charge in [0.25, 0.3) is 0 Å². The highest BCUT2D eigenvalue weighted by Gasteiger charge is 2.09. The highest BCUT2D eigenvalue weighted by atomic mass is 14.1. The van der Waals surface area contributed by atoms with Crippen LogP contribution in [0.1, 0.15) is 18.1 Å². The van der Waals surface area contributed by atoms with E-state index in [0.717, 1.165) is 0 Å². The molecule has 0 heteroatoms. The third-order valence-electron chi connectivity index (χ3n) is 2.50. The van der Waals surface area contributed by atoms with Gasteiger partial charge in [0.2, 0.25) is 0 Å². The summed E-state index contributed by atoms with van der Waals surface area (Å²) in [5.41, 5.74) is 2.51. The van der Waals surface area contributed by atoms with Gasteiger partial charge in [0.15, 0.2) is 0 Å². The van der Waals surface area contributed by atoms with Crippen LogP contribution in [-0.4, -0.2) is 0 Å². The molecule has 2 aromatic rings. The maximum atomic E-state index is 2.16. The van der Waals surface area contributed by atoms with Gasteiger partial charge in [0.05, 0.1) is 5.92 Å². The molecule has 2 aromatic carbocycles. The maximum absolute atomic E-state index is 2.16. The van der Waals surface area contributed by atoms with E-state index in [2.05, 4.69) is 60.7 Å². The Labute approximate surface area is 97.3 Å². The molecule has 0 unspecified atom stereocenters. The van der Waals surface area contributed by atoms with Crippen LogP contribution in [0.4, 0.5) is 0 Å². The van der Waals surface area contributed by atoms with E-state index in [-0.39, 0.29) is 0 Å². The lowest BCUT2D eigenvalue weighted by molar-refractivity contribution is 1.28. The number of rotatable bonds is 3. The van der Waals surface area contributed by atoms with Gasteiger partial charge >= 0.3 is 0 Å². The summed E-state index contributed by atoms with van der Waals surface area (Å²) in [6, 6.07) is 20.9. The Morgan fingerprint density at radius 3 is 1.56 bits per heavy atom. The van der Waals surface area contributed by atoms with Crippen molar-refractivity contribution in [2.75, 3.05) is 0 Å². The minimum absolute atomic E-state index is 1.26. The third kappa shape index (κ3) is 2.40. The molecule has 0 saturated carbocycles. The number of hydrogen-bond acceptors (Lipinski definition) is 0. The molecule has 0 heterocycles. The molecule has 0 N–H and O–H groups in total. The quantitative estimate of drug-likeness (QED) is 0.706. The molecular formula is C16H15. The molecule has 0 fully saturated rings. The first kappa shape index (κ1) is 10.7. The lowest BCUT2D eigenvalue weighted by Crippen LogP contribution is -1.97. The smallest absolute Gasteiger partial charge is 0.0553 e. The zero-order chi connectivity index (χ0) is 11.2. The van der Waals surface area contributed by atoms with E-state index < -0.39 is 0 Å². The van der Waals surface area contributed by atoms with Crippen LogP contribution in [0.25, 0.3) is 0 Å². The second-order valence-corrected chi connectivity index (χ2v) is 3.65. The fourth-order valence-electron chi connectivity index (χ4n) is 1.76. The second kappa shape index (κ2) is 5.32. The third-order valence-corrected chi connectivity index (χ3v) is 2.50. The monoisotopic (exact) mass is 207 g/mol. The number of allylic oxidation sites excluding steroid dienone is 2. The Morgan fingerprint density at radius 2 is 1.19 bits per heavy atom. The first-order chi connectivity index (χ1) is 7.92. The summed E-state index contributed by atoms with van der Waals surface area (Å²) in [6.07, 6.45) is 4.24. The van der Waals surface area contributed by atoms with Crippen molar-refractivity contribution in [1.82, 2.24) is 0 Å². The van der Waals surface area contributed by atoms with Gasteiger partial charge in [-0.1, -0.05) is 72.8 Å². The van der Waals surface area contributed by atoms with Crippen LogP contribution in [0.2, 0.25) is 0 Å². The molecule has 1 radical (unpaired) electrons. The summed E-state index contributed by atoms with van der Waals surface area (Å²) < 4.78 is 0. The van der Waals surface area contributed by atoms with Crippen LogP contribution in [-0.2, 0) is 0 Å². The lowest BCUT2D eigenvalue weighted by Gasteiger charge is -2.12. The zero-order valence-electron chi connectivity index (χ0n) is 9.43. The summed E-state index contributed by atoms with van der Waals surface area (Å²) in [5.74, 6) is 1.27. The predicted molar refractivity (Wildman–Crippen MR) is 69.1 cm³/mol. The van der Waals surface area contributed by atoms with Gasteiger partial charge in [-0.05, 0) is 18.1 Å². The number of benzene rings is 2. The average Bonchev–Trinajstić information content (AvgIpc) is 2.38. The largest absolute Gasteiger partial charge is 0.0904 e. The maximum Gasteiger partial charge on any atom is 0.0553 e. The summed E-state index contributed by atoms with van der Waals surface area (Å²) in [7, 11) is 0. The van der Waals surface area contributed by atoms with Crippen molar-refractivity contribution in [3.63, 3.8) is 0 Å². The molecule has 0 bridgehead atoms. The zero-order valence-corrected chi connectivity index (χ0v) is 9.43. The molecule has 16 heavy (non-hydrogen) atoms. The van der Waals surface area contributed by atoms with Gasteiger partial charge in [0.1, 0.15) is 0 Å². The standard InChI is InChI=1S/C16H15/c1-2-9-16(14-10-5-3-6-11-14)15-12-7-4-8-13-15/h2-13H,1H3. The highest BCUT2D eigenvalue weighted by Crippen LogP contribution is 2.24. The Bertz CT molecular complexity index is 400. The van der Waals surface area contributed by atoms with Crippen molar-refractivity contribution in [1.29, 1.82) is 0 Å². The summed E-state index contributed by atoms with van der Waals surface area (Å²) >= 11 is 0. The van der Waals surface area contributed by atoms with Crippen LogP contribution >= 0.6 is 0 Å². The fourth-order valence-corrected chi connectivity index (χ4v) is 1.76. The van der Waals surface area contributed by atoms with E-state index >= 15 is 0 Å². The van der Waals surface area contributed by atoms with Crippen molar-refractivity contribution in [3.8, 4) is 0 Å². The van der Waals surface area contributed by atoms with Gasteiger partial charge < -0.3 is 0 Å². The molecule has 0 aliphatic carbocycles. The molecule has 0 nitrogen and oxygen atoms in total. The predicted octanol–water partition coefficient (Wildman–Crippen LogP) is 4.23. The highest BCUT2D eigenvalue weighted by molar-refractivity contribution is 5.50. The minimum Gasteiger partial charge on any atom is -0.0904 e. The molecule has 0 atom stereocenters. The first-order valence-corrected chi connectivity index (χ1v) is 5.52. The molecule has 0 saturated heterocycles. The van der Waals surface area contributed by atoms with Crippen LogP contribution in [0.3, 0.4) is 0 Å². The van der Waals surface area contributed by atoms with E-state index in [0.29, 0.717) is 0 Å². The van der Waals surface area contributed by atoms with Crippen molar-refractivity contribution < 1.29 is 0 Å². The lowest BCUT2D eigenvalue weighted by atomic mass is 9.91. The fraction of sp³-hybridized carbons (Fsp3) is 0.0625. The second-order valence-electron chi connectivity index (χ2n) is 3.65. The molecule has 2 rings (SSSR count). The summed E-state index contributed by atoms with van der Waals surface area (Å²) in [5, 5.41) is 0. The van der Waals surface area contributed by atoms with E-state index in [9.17, 15) is 0 Å². The molecule has 0 aliphatic rings.